The van der Waals surface area contributed by atoms with E-state index >= 15 is 0 Å². The van der Waals surface area contributed by atoms with Crippen LogP contribution in [0.1, 0.15) is 55.8 Å². The van der Waals surface area contributed by atoms with Gasteiger partial charge in [0, 0.05) is 31.6 Å². The first-order valence-corrected chi connectivity index (χ1v) is 9.58. The van der Waals surface area contributed by atoms with E-state index < -0.39 is 6.61 Å². The van der Waals surface area contributed by atoms with Crippen molar-refractivity contribution in [3.05, 3.63) is 41.5 Å². The third-order valence-electron chi connectivity index (χ3n) is 4.95. The molecule has 0 unspecified atom stereocenters. The zero-order valence-corrected chi connectivity index (χ0v) is 17.1. The number of para-hydroxylation sites is 1. The van der Waals surface area contributed by atoms with Crippen molar-refractivity contribution in [3.8, 4) is 5.75 Å². The Hall–Kier alpha value is -2.55. The standard InChI is InChI=1S/C20H26F2N4O3/c1-13(16-23-18(24-29-16)20(2,3)4)25-9-11-26(12-10-25)17(27)14-7-5-6-8-15(14)28-19(21)22/h5-8,13,19H,9-12H2,1-4H3/t13-/m1/s1. The number of rotatable bonds is 5. The number of piperazine rings is 1. The van der Waals surface area contributed by atoms with E-state index in [0.29, 0.717) is 37.9 Å². The van der Waals surface area contributed by atoms with Gasteiger partial charge in [-0.2, -0.15) is 13.8 Å². The average molecular weight is 408 g/mol. The quantitative estimate of drug-likeness (QED) is 0.754. The smallest absolute Gasteiger partial charge is 0.387 e. The minimum atomic E-state index is -2.98. The van der Waals surface area contributed by atoms with E-state index in [-0.39, 0.29) is 28.7 Å². The molecule has 2 aromatic rings. The molecule has 1 amide bonds. The van der Waals surface area contributed by atoms with Gasteiger partial charge in [0.05, 0.1) is 11.6 Å². The molecule has 1 fully saturated rings. The Morgan fingerprint density at radius 2 is 1.83 bits per heavy atom. The molecule has 1 aromatic heterocycles. The number of aromatic nitrogens is 2. The number of benzene rings is 1. The minimum absolute atomic E-state index is 0.0784. The highest BCUT2D eigenvalue weighted by Gasteiger charge is 2.30. The third-order valence-corrected chi connectivity index (χ3v) is 4.95. The van der Waals surface area contributed by atoms with Crippen LogP contribution >= 0.6 is 0 Å². The van der Waals surface area contributed by atoms with Crippen LogP contribution in [0.3, 0.4) is 0 Å². The van der Waals surface area contributed by atoms with Crippen molar-refractivity contribution >= 4 is 5.91 Å². The molecule has 9 heteroatoms. The van der Waals surface area contributed by atoms with E-state index in [4.69, 9.17) is 4.52 Å². The normalized spacial score (nSPS) is 16.9. The molecular formula is C20H26F2N4O3. The Morgan fingerprint density at radius 3 is 2.41 bits per heavy atom. The molecule has 0 spiro atoms. The van der Waals surface area contributed by atoms with Gasteiger partial charge in [0.25, 0.3) is 5.91 Å². The van der Waals surface area contributed by atoms with Crippen LogP contribution in [0.25, 0.3) is 0 Å². The number of hydrogen-bond acceptors (Lipinski definition) is 6. The maximum atomic E-state index is 12.8. The second kappa shape index (κ2) is 8.44. The summed E-state index contributed by atoms with van der Waals surface area (Å²) in [5, 5.41) is 4.07. The van der Waals surface area contributed by atoms with Gasteiger partial charge >= 0.3 is 6.61 Å². The van der Waals surface area contributed by atoms with Crippen molar-refractivity contribution in [2.45, 2.75) is 45.8 Å². The molecule has 3 rings (SSSR count). The molecule has 158 valence electrons. The third kappa shape index (κ3) is 4.90. The van der Waals surface area contributed by atoms with E-state index in [1.54, 1.807) is 17.0 Å². The summed E-state index contributed by atoms with van der Waals surface area (Å²) in [6, 6.07) is 5.99. The molecule has 0 radical (unpaired) electrons. The monoisotopic (exact) mass is 408 g/mol. The molecule has 1 aliphatic rings. The summed E-state index contributed by atoms with van der Waals surface area (Å²) in [7, 11) is 0. The first-order valence-electron chi connectivity index (χ1n) is 9.58. The predicted molar refractivity (Wildman–Crippen MR) is 102 cm³/mol. The zero-order valence-electron chi connectivity index (χ0n) is 17.1. The Balaban J connectivity index is 1.63. The van der Waals surface area contributed by atoms with Crippen molar-refractivity contribution in [2.24, 2.45) is 0 Å². The van der Waals surface area contributed by atoms with Crippen LogP contribution in [0.5, 0.6) is 5.75 Å². The Morgan fingerprint density at radius 1 is 1.17 bits per heavy atom. The highest BCUT2D eigenvalue weighted by Crippen LogP contribution is 2.26. The Kier molecular flexibility index (Phi) is 6.16. The van der Waals surface area contributed by atoms with Crippen molar-refractivity contribution < 1.29 is 22.8 Å². The van der Waals surface area contributed by atoms with Crippen molar-refractivity contribution in [1.82, 2.24) is 19.9 Å². The fourth-order valence-electron chi connectivity index (χ4n) is 3.19. The molecule has 1 saturated heterocycles. The van der Waals surface area contributed by atoms with Gasteiger partial charge in [-0.1, -0.05) is 38.1 Å². The molecule has 1 aromatic carbocycles. The number of alkyl halides is 2. The maximum Gasteiger partial charge on any atom is 0.387 e. The molecule has 0 aliphatic carbocycles. The fraction of sp³-hybridized carbons (Fsp3) is 0.550. The van der Waals surface area contributed by atoms with Gasteiger partial charge in [0.2, 0.25) is 5.89 Å². The van der Waals surface area contributed by atoms with Gasteiger partial charge in [-0.3, -0.25) is 9.69 Å². The topological polar surface area (TPSA) is 71.7 Å². The van der Waals surface area contributed by atoms with Gasteiger partial charge in [-0.15, -0.1) is 0 Å². The number of carbonyl (C=O) groups excluding carboxylic acids is 1. The van der Waals surface area contributed by atoms with Crippen LogP contribution in [0.15, 0.2) is 28.8 Å². The van der Waals surface area contributed by atoms with Crippen LogP contribution in [0, 0.1) is 0 Å². The SMILES string of the molecule is C[C@H](c1nc(C(C)(C)C)no1)N1CCN(C(=O)c2ccccc2OC(F)F)CC1. The van der Waals surface area contributed by atoms with Crippen LogP contribution in [-0.4, -0.2) is 58.6 Å². The van der Waals surface area contributed by atoms with Crippen LogP contribution in [-0.2, 0) is 5.41 Å². The molecule has 1 atom stereocenters. The van der Waals surface area contributed by atoms with Gasteiger partial charge < -0.3 is 14.2 Å². The lowest BCUT2D eigenvalue weighted by Crippen LogP contribution is -2.49. The largest absolute Gasteiger partial charge is 0.434 e. The number of ether oxygens (including phenoxy) is 1. The number of halogens is 2. The summed E-state index contributed by atoms with van der Waals surface area (Å²) in [6.45, 7) is 7.22. The summed E-state index contributed by atoms with van der Waals surface area (Å²) >= 11 is 0. The average Bonchev–Trinajstić information content (AvgIpc) is 3.18. The van der Waals surface area contributed by atoms with Gasteiger partial charge in [0.1, 0.15) is 5.75 Å². The Bertz CT molecular complexity index is 842. The first kappa shape index (κ1) is 21.2. The summed E-state index contributed by atoms with van der Waals surface area (Å²) in [5.41, 5.74) is -0.0543. The predicted octanol–water partition coefficient (Wildman–Crippen LogP) is 3.49. The van der Waals surface area contributed by atoms with Gasteiger partial charge in [-0.25, -0.2) is 0 Å². The van der Waals surface area contributed by atoms with E-state index in [0.717, 1.165) is 0 Å². The second-order valence-corrected chi connectivity index (χ2v) is 8.09. The fourth-order valence-corrected chi connectivity index (χ4v) is 3.19. The molecule has 7 nitrogen and oxygen atoms in total. The summed E-state index contributed by atoms with van der Waals surface area (Å²) in [5.74, 6) is 0.777. The van der Waals surface area contributed by atoms with Crippen molar-refractivity contribution in [2.75, 3.05) is 26.2 Å². The van der Waals surface area contributed by atoms with E-state index in [1.807, 2.05) is 27.7 Å². The van der Waals surface area contributed by atoms with Crippen LogP contribution < -0.4 is 4.74 Å². The van der Waals surface area contributed by atoms with Crippen LogP contribution in [0.2, 0.25) is 0 Å². The minimum Gasteiger partial charge on any atom is -0.434 e. The highest BCUT2D eigenvalue weighted by molar-refractivity contribution is 5.97. The lowest BCUT2D eigenvalue weighted by atomic mass is 9.96. The van der Waals surface area contributed by atoms with Gasteiger partial charge in [0.15, 0.2) is 5.82 Å². The molecule has 2 heterocycles. The number of carbonyl (C=O) groups is 1. The Labute approximate surface area is 168 Å². The van der Waals surface area contributed by atoms with Crippen molar-refractivity contribution in [1.29, 1.82) is 0 Å². The van der Waals surface area contributed by atoms with E-state index in [9.17, 15) is 13.6 Å². The second-order valence-electron chi connectivity index (χ2n) is 8.09. The molecule has 0 N–H and O–H groups in total. The van der Waals surface area contributed by atoms with Crippen molar-refractivity contribution in [3.63, 3.8) is 0 Å². The highest BCUT2D eigenvalue weighted by atomic mass is 19.3. The van der Waals surface area contributed by atoms with E-state index in [1.165, 1.54) is 12.1 Å². The zero-order chi connectivity index (χ0) is 21.2. The molecular weight excluding hydrogens is 382 g/mol. The van der Waals surface area contributed by atoms with Gasteiger partial charge in [-0.05, 0) is 19.1 Å². The first-order chi connectivity index (χ1) is 13.7. The number of hydrogen-bond donors (Lipinski definition) is 0. The molecule has 0 saturated carbocycles. The van der Waals surface area contributed by atoms with Crippen LogP contribution in [0.4, 0.5) is 8.78 Å². The summed E-state index contributed by atoms with van der Waals surface area (Å²) < 4.78 is 35.1. The summed E-state index contributed by atoms with van der Waals surface area (Å²) in [4.78, 5) is 21.1. The molecule has 29 heavy (non-hydrogen) atoms. The molecule has 1 aliphatic heterocycles. The molecule has 0 bridgehead atoms. The number of amides is 1. The lowest BCUT2D eigenvalue weighted by Gasteiger charge is -2.37. The number of nitrogens with zero attached hydrogens (tertiary/aromatic N) is 4. The van der Waals surface area contributed by atoms with E-state index in [2.05, 4.69) is 19.8 Å². The summed E-state index contributed by atoms with van der Waals surface area (Å²) in [6.07, 6.45) is 0. The lowest BCUT2D eigenvalue weighted by molar-refractivity contribution is -0.0503. The maximum absolute atomic E-state index is 12.8.